The highest BCUT2D eigenvalue weighted by molar-refractivity contribution is 7.03. The fraction of sp³-hybridized carbons (Fsp3) is 0.489. The number of nitrogens with zero attached hydrogens (tertiary/aromatic N) is 2. The average Bonchev–Trinajstić information content (AvgIpc) is 0.687. The summed E-state index contributed by atoms with van der Waals surface area (Å²) < 4.78 is 96.2. The Hall–Kier alpha value is -5.79. The Balaban J connectivity index is 0.870. The molecule has 8 aliphatic rings. The minimum absolute atomic E-state index is 0.00719. The van der Waals surface area contributed by atoms with E-state index in [1.807, 2.05) is 24.3 Å². The van der Waals surface area contributed by atoms with Crippen LogP contribution in [0.5, 0.6) is 0 Å². The van der Waals surface area contributed by atoms with Gasteiger partial charge in [0.25, 0.3) is 5.91 Å². The molecule has 18 nitrogen and oxygen atoms in total. The molecule has 15 rings (SSSR count). The molecule has 0 aliphatic carbocycles. The van der Waals surface area contributed by atoms with Gasteiger partial charge in [0.15, 0.2) is 0 Å². The molecule has 6 fully saturated rings. The molecule has 4 aromatic carbocycles. The van der Waals surface area contributed by atoms with Gasteiger partial charge in [-0.25, -0.2) is 9.97 Å². The van der Waals surface area contributed by atoms with Gasteiger partial charge in [0, 0.05) is 105 Å². The minimum Gasteiger partial charge on any atom is -0.373 e. The van der Waals surface area contributed by atoms with Gasteiger partial charge in [-0.15, -0.1) is 0 Å². The number of carbonyl (C=O) groups is 1. The number of nitrogens with one attached hydrogen (secondary N) is 3. The molecule has 0 atom stereocenters. The molecule has 3 N–H and O–H groups in total. The van der Waals surface area contributed by atoms with Crippen molar-refractivity contribution in [2.75, 3.05) is 6.54 Å². The van der Waals surface area contributed by atoms with Crippen LogP contribution in [0, 0.1) is 41.4 Å². The molecule has 0 radical (unpaired) electrons. The molecule has 610 valence electrons. The van der Waals surface area contributed by atoms with Crippen molar-refractivity contribution in [1.82, 2.24) is 25.3 Å². The first-order valence-corrected chi connectivity index (χ1v) is 57.3. The van der Waals surface area contributed by atoms with Crippen molar-refractivity contribution in [2.24, 2.45) is 41.4 Å². The molecule has 11 heterocycles. The number of hydrogen-bond donors (Lipinski definition) is 3. The van der Waals surface area contributed by atoms with E-state index >= 15 is 4.79 Å². The summed E-state index contributed by atoms with van der Waals surface area (Å²) in [5, 5.41) is 3.33. The number of rotatable bonds is 23. The van der Waals surface area contributed by atoms with E-state index in [0.29, 0.717) is 54.3 Å². The summed E-state index contributed by atoms with van der Waals surface area (Å²) in [6.07, 6.45) is 8.93. The van der Waals surface area contributed by atoms with Crippen LogP contribution in [0.15, 0.2) is 121 Å². The minimum atomic E-state index is -4.32. The van der Waals surface area contributed by atoms with Gasteiger partial charge in [0.1, 0.15) is 0 Å². The Morgan fingerprint density at radius 1 is 0.316 bits per heavy atom. The molecule has 0 spiro atoms. The third kappa shape index (κ3) is 18.0. The largest absolute Gasteiger partial charge is 0.479 e. The Morgan fingerprint density at radius 2 is 0.526 bits per heavy atom. The van der Waals surface area contributed by atoms with Gasteiger partial charge in [-0.1, -0.05) is 244 Å². The van der Waals surface area contributed by atoms with Crippen LogP contribution in [0.3, 0.4) is 0 Å². The summed E-state index contributed by atoms with van der Waals surface area (Å²) in [4.78, 5) is 34.3. The number of fused-ring (bicyclic) bond motifs is 8. The molecular formula is C88H123N5O13Si8. The second-order valence-electron chi connectivity index (χ2n) is 38.8. The standard InChI is InChI=1S/C88H123N5O13Si8/c1-58(2)51-108-95-107(96-109(52-59(3)4)100-111(98-108,54-61(7)8)104-114(57-64(13)14)105-112(99-108,55-62(9)10)101-110(97-107,53-60(5)6)103-113(102-109,106-114)56-63(11)12)50-24-49-89-85(94)69-27-25-65(26-28-69)81-73-41-43-75(90-73)82(66-29-35-70(36-30-66)86(15,16)17)77-45-47-79(92-77)84(68-33-39-72(40-34-68)88(21,22)23)80-48-46-78(93-80)83(76-44-42-74(81)91-76)67-31-37-71(38-32-67)87(18,19)20/h25-48,58-64,90,93H,24,49-57H2,1-23H3,(H,89,94). The van der Waals surface area contributed by atoms with Crippen LogP contribution in [-0.2, 0) is 65.6 Å². The van der Waals surface area contributed by atoms with Crippen molar-refractivity contribution in [3.05, 3.63) is 166 Å². The second-order valence-corrected chi connectivity index (χ2v) is 62.9. The lowest BCUT2D eigenvalue weighted by Gasteiger charge is -2.64. The van der Waals surface area contributed by atoms with Crippen molar-refractivity contribution in [1.29, 1.82) is 0 Å². The maximum absolute atomic E-state index is 15.0. The number of carbonyl (C=O) groups excluding carboxylic acids is 1. The molecule has 0 saturated carbocycles. The third-order valence-electron chi connectivity index (χ3n) is 21.6. The maximum Gasteiger partial charge on any atom is 0.479 e. The van der Waals surface area contributed by atoms with Gasteiger partial charge in [-0.2, -0.15) is 0 Å². The lowest BCUT2D eigenvalue weighted by molar-refractivity contribution is -0.0342. The van der Waals surface area contributed by atoms with Crippen LogP contribution in [-0.4, -0.2) is 103 Å². The highest BCUT2D eigenvalue weighted by Gasteiger charge is 2.83. The lowest BCUT2D eigenvalue weighted by atomic mass is 9.86. The van der Waals surface area contributed by atoms with Crippen molar-refractivity contribution in [3.8, 4) is 44.5 Å². The predicted octanol–water partition coefficient (Wildman–Crippen LogP) is 22.7. The molecule has 26 heteroatoms. The van der Waals surface area contributed by atoms with E-state index in [1.165, 1.54) is 16.7 Å². The zero-order valence-electron chi connectivity index (χ0n) is 71.7. The van der Waals surface area contributed by atoms with E-state index in [4.69, 9.17) is 59.3 Å². The zero-order valence-corrected chi connectivity index (χ0v) is 79.7. The Bertz CT molecular complexity index is 4740. The molecule has 0 unspecified atom stereocenters. The van der Waals surface area contributed by atoms with E-state index in [2.05, 4.69) is 296 Å². The fourth-order valence-electron chi connectivity index (χ4n) is 17.1. The number of hydrogen-bond acceptors (Lipinski definition) is 15. The number of aromatic amines is 2. The summed E-state index contributed by atoms with van der Waals surface area (Å²) in [5.74, 6) is -0.0468. The molecule has 16 bridgehead atoms. The van der Waals surface area contributed by atoms with Crippen molar-refractivity contribution in [3.63, 3.8) is 0 Å². The van der Waals surface area contributed by atoms with Crippen LogP contribution in [0.2, 0.25) is 48.4 Å². The van der Waals surface area contributed by atoms with Gasteiger partial charge in [-0.3, -0.25) is 4.79 Å². The maximum atomic E-state index is 15.0. The van der Waals surface area contributed by atoms with E-state index in [9.17, 15) is 0 Å². The second kappa shape index (κ2) is 31.7. The number of benzene rings is 4. The van der Waals surface area contributed by atoms with Gasteiger partial charge in [-0.05, 0) is 164 Å². The van der Waals surface area contributed by atoms with Crippen LogP contribution in [0.1, 0.15) is 215 Å². The summed E-state index contributed by atoms with van der Waals surface area (Å²) in [7, 11) is -33.2. The average molecular weight is 1680 g/mol. The molecule has 8 aliphatic heterocycles. The smallest absolute Gasteiger partial charge is 0.373 e. The molecule has 6 saturated heterocycles. The number of aromatic nitrogens is 4. The topological polar surface area (TPSA) is 197 Å². The first-order valence-electron chi connectivity index (χ1n) is 41.8. The quantitative estimate of drug-likeness (QED) is 0.0404. The Labute approximate surface area is 686 Å². The first-order chi connectivity index (χ1) is 53.5. The van der Waals surface area contributed by atoms with Crippen LogP contribution < -0.4 is 5.32 Å². The monoisotopic (exact) mass is 1680 g/mol. The zero-order chi connectivity index (χ0) is 81.7. The third-order valence-corrected chi connectivity index (χ3v) is 61.6. The highest BCUT2D eigenvalue weighted by atomic mass is 28.6. The van der Waals surface area contributed by atoms with E-state index in [1.54, 1.807) is 0 Å². The van der Waals surface area contributed by atoms with Crippen molar-refractivity contribution < 1.29 is 54.2 Å². The number of amides is 1. The van der Waals surface area contributed by atoms with Crippen molar-refractivity contribution in [2.45, 2.75) is 230 Å². The summed E-state index contributed by atoms with van der Waals surface area (Å²) in [6.45, 7) is 50.7. The van der Waals surface area contributed by atoms with E-state index in [0.717, 1.165) is 89.4 Å². The van der Waals surface area contributed by atoms with Gasteiger partial charge < -0.3 is 64.7 Å². The highest BCUT2D eigenvalue weighted by Crippen LogP contribution is 2.57. The lowest BCUT2D eigenvalue weighted by Crippen LogP contribution is -2.88. The van der Waals surface area contributed by atoms with Crippen molar-refractivity contribution >= 4 is 123 Å². The van der Waals surface area contributed by atoms with Gasteiger partial charge >= 0.3 is 70.4 Å². The molecule has 114 heavy (non-hydrogen) atoms. The van der Waals surface area contributed by atoms with Crippen LogP contribution >= 0.6 is 0 Å². The molecule has 7 aromatic rings. The van der Waals surface area contributed by atoms with E-state index in [-0.39, 0.29) is 76.2 Å². The summed E-state index contributed by atoms with van der Waals surface area (Å²) >= 11 is 0. The summed E-state index contributed by atoms with van der Waals surface area (Å²) in [6, 6.07) is 46.4. The fourth-order valence-corrected chi connectivity index (χ4v) is 68.7. The first kappa shape index (κ1) is 84.7. The molecule has 3 aromatic heterocycles. The normalized spacial score (nSPS) is 26.2. The SMILES string of the molecule is CC(C)C[Si]12O[Si]3(CCCNC(=O)c4ccc(-c5c6nc(c(-c7ccc(C(C)(C)C)cc7)c7ccc([nH]7)c(-c7ccc(C(C)(C)C)cc7)c7nc(c(-c8ccc(C(C)(C)C)cc8)c8ccc5[nH]8)C=C7)C=C6)cc4)O[Si]4(CC(C)C)O[Si](CC(C)C)(O1)O[Si]1(CC(C)C)O[Si](CC(C)C)(O2)O[Si](CC(C)C)(O3)O[Si](CC(C)C)(O4)O1. The van der Waals surface area contributed by atoms with Gasteiger partial charge in [0.05, 0.1) is 22.8 Å². The molecular weight excluding hydrogens is 1560 g/mol. The summed E-state index contributed by atoms with van der Waals surface area (Å²) in [5.41, 5.74) is 18.6. The number of H-pyrrole nitrogens is 2. The van der Waals surface area contributed by atoms with E-state index < -0.39 is 70.4 Å². The van der Waals surface area contributed by atoms with Crippen LogP contribution in [0.25, 0.3) is 90.9 Å². The Kier molecular flexibility index (Phi) is 23.6. The van der Waals surface area contributed by atoms with Gasteiger partial charge in [0.2, 0.25) is 0 Å². The molecule has 1 amide bonds. The Morgan fingerprint density at radius 3 is 0.737 bits per heavy atom. The van der Waals surface area contributed by atoms with Crippen LogP contribution in [0.4, 0.5) is 0 Å². The predicted molar refractivity (Wildman–Crippen MR) is 475 cm³/mol.